The van der Waals surface area contributed by atoms with E-state index < -0.39 is 0 Å². The van der Waals surface area contributed by atoms with Crippen LogP contribution in [0.25, 0.3) is 0 Å². The summed E-state index contributed by atoms with van der Waals surface area (Å²) in [6.45, 7) is 8.50. The van der Waals surface area contributed by atoms with Crippen LogP contribution in [0.5, 0.6) is 0 Å². The second kappa shape index (κ2) is 21.3. The van der Waals surface area contributed by atoms with Gasteiger partial charge in [0.15, 0.2) is 0 Å². The Labute approximate surface area is 230 Å². The lowest BCUT2D eigenvalue weighted by atomic mass is 10.0. The predicted molar refractivity (Wildman–Crippen MR) is 163 cm³/mol. The van der Waals surface area contributed by atoms with Gasteiger partial charge in [0.1, 0.15) is 12.6 Å². The molecule has 0 heterocycles. The Balaban J connectivity index is 0.000000254. The number of aryl methyl sites for hydroxylation is 2. The van der Waals surface area contributed by atoms with Gasteiger partial charge in [0, 0.05) is 12.3 Å². The van der Waals surface area contributed by atoms with Crippen LogP contribution in [0.15, 0.2) is 121 Å². The lowest BCUT2D eigenvalue weighted by molar-refractivity contribution is -0.109. The molecule has 0 radical (unpaired) electrons. The number of carbonyl (C=O) groups is 2. The molecule has 0 saturated carbocycles. The van der Waals surface area contributed by atoms with Crippen molar-refractivity contribution in [2.24, 2.45) is 0 Å². The quantitative estimate of drug-likeness (QED) is 0.222. The first-order chi connectivity index (χ1) is 18.5. The van der Waals surface area contributed by atoms with E-state index in [0.717, 1.165) is 24.6 Å². The van der Waals surface area contributed by atoms with Crippen LogP contribution in [-0.2, 0) is 22.4 Å². The van der Waals surface area contributed by atoms with Crippen molar-refractivity contribution in [3.8, 4) is 0 Å². The van der Waals surface area contributed by atoms with Gasteiger partial charge in [0.25, 0.3) is 0 Å². The van der Waals surface area contributed by atoms with E-state index in [2.05, 4.69) is 75.4 Å². The van der Waals surface area contributed by atoms with Crippen LogP contribution in [0, 0.1) is 0 Å². The van der Waals surface area contributed by atoms with Crippen molar-refractivity contribution in [1.82, 2.24) is 0 Å². The van der Waals surface area contributed by atoms with Crippen LogP contribution in [-0.4, -0.2) is 12.6 Å². The summed E-state index contributed by atoms with van der Waals surface area (Å²) in [5.41, 5.74) is 5.17. The van der Waals surface area contributed by atoms with E-state index in [4.69, 9.17) is 0 Å². The Hall–Kier alpha value is -3.78. The highest BCUT2D eigenvalue weighted by atomic mass is 16.1. The van der Waals surface area contributed by atoms with E-state index >= 15 is 0 Å². The summed E-state index contributed by atoms with van der Waals surface area (Å²) in [5, 5.41) is 0. The Morgan fingerprint density at radius 1 is 0.553 bits per heavy atom. The number of aldehydes is 2. The number of benzene rings is 4. The molecule has 0 amide bonds. The molecule has 0 bridgehead atoms. The van der Waals surface area contributed by atoms with Crippen LogP contribution >= 0.6 is 0 Å². The minimum atomic E-state index is 0.0289. The normalized spacial score (nSPS) is 10.3. The Kier molecular flexibility index (Phi) is 18.1. The molecule has 0 aromatic heterocycles. The zero-order valence-corrected chi connectivity index (χ0v) is 23.5. The molecule has 0 aliphatic rings. The van der Waals surface area contributed by atoms with Gasteiger partial charge in [-0.1, -0.05) is 155 Å². The van der Waals surface area contributed by atoms with Crippen molar-refractivity contribution >= 4 is 12.6 Å². The molecule has 4 rings (SSSR count). The molecule has 0 saturated heterocycles. The third-order valence-corrected chi connectivity index (χ3v) is 5.77. The molecule has 0 fully saturated rings. The third kappa shape index (κ3) is 15.4. The summed E-state index contributed by atoms with van der Waals surface area (Å²) in [7, 11) is 0. The minimum absolute atomic E-state index is 0.0289. The maximum Gasteiger partial charge on any atom is 0.127 e. The third-order valence-electron chi connectivity index (χ3n) is 5.77. The van der Waals surface area contributed by atoms with Gasteiger partial charge in [0.05, 0.1) is 0 Å². The van der Waals surface area contributed by atoms with Gasteiger partial charge in [-0.3, -0.25) is 0 Å². The summed E-state index contributed by atoms with van der Waals surface area (Å²) in [5.74, 6) is 0.687. The Bertz CT molecular complexity index is 1080. The van der Waals surface area contributed by atoms with Crippen LogP contribution in [0.3, 0.4) is 0 Å². The summed E-state index contributed by atoms with van der Waals surface area (Å²) in [4.78, 5) is 20.3. The van der Waals surface area contributed by atoms with E-state index in [9.17, 15) is 9.59 Å². The lowest BCUT2D eigenvalue weighted by Gasteiger charge is -2.01. The molecule has 2 nitrogen and oxygen atoms in total. The minimum Gasteiger partial charge on any atom is -0.303 e. The summed E-state index contributed by atoms with van der Waals surface area (Å²) in [6, 6.07) is 40.8. The molecule has 4 aromatic rings. The predicted octanol–water partition coefficient (Wildman–Crippen LogP) is 9.26. The summed E-state index contributed by atoms with van der Waals surface area (Å²) in [6.07, 6.45) is 5.85. The maximum absolute atomic E-state index is 10.3. The fourth-order valence-corrected chi connectivity index (χ4v) is 3.48. The van der Waals surface area contributed by atoms with E-state index in [1.807, 2.05) is 73.7 Å². The van der Waals surface area contributed by atoms with Gasteiger partial charge >= 0.3 is 0 Å². The van der Waals surface area contributed by atoms with Gasteiger partial charge < -0.3 is 9.59 Å². The van der Waals surface area contributed by atoms with Crippen molar-refractivity contribution in [3.63, 3.8) is 0 Å². The highest BCUT2D eigenvalue weighted by Crippen LogP contribution is 2.12. The summed E-state index contributed by atoms with van der Waals surface area (Å²) >= 11 is 0. The van der Waals surface area contributed by atoms with Crippen LogP contribution in [0.2, 0.25) is 0 Å². The van der Waals surface area contributed by atoms with E-state index in [1.54, 1.807) is 0 Å². The first-order valence-corrected chi connectivity index (χ1v) is 13.6. The molecule has 0 N–H and O–H groups in total. The molecule has 0 spiro atoms. The molecule has 0 aliphatic heterocycles. The van der Waals surface area contributed by atoms with Crippen molar-refractivity contribution in [2.45, 2.75) is 65.2 Å². The average Bonchev–Trinajstić information content (AvgIpc) is 2.99. The van der Waals surface area contributed by atoms with Crippen molar-refractivity contribution < 1.29 is 9.59 Å². The SMILES string of the molecule is CC(C)c1ccccc1.CC(C=O)c1ccccc1.CCCc1ccccc1.O=CCCc1ccccc1. The Morgan fingerprint density at radius 3 is 1.29 bits per heavy atom. The Morgan fingerprint density at radius 2 is 0.947 bits per heavy atom. The van der Waals surface area contributed by atoms with Crippen LogP contribution in [0.1, 0.15) is 74.6 Å². The molecule has 1 atom stereocenters. The highest BCUT2D eigenvalue weighted by Gasteiger charge is 1.99. The fraction of sp³-hybridized carbons (Fsp3) is 0.278. The average molecular weight is 509 g/mol. The van der Waals surface area contributed by atoms with Gasteiger partial charge in [-0.2, -0.15) is 0 Å². The molecular weight excluding hydrogens is 464 g/mol. The van der Waals surface area contributed by atoms with E-state index in [1.165, 1.54) is 29.5 Å². The van der Waals surface area contributed by atoms with Gasteiger partial charge in [0.2, 0.25) is 0 Å². The molecule has 2 heteroatoms. The monoisotopic (exact) mass is 508 g/mol. The maximum atomic E-state index is 10.3. The molecular formula is C36H44O2. The zero-order chi connectivity index (χ0) is 27.8. The molecule has 4 aromatic carbocycles. The van der Waals surface area contributed by atoms with Crippen LogP contribution in [0.4, 0.5) is 0 Å². The van der Waals surface area contributed by atoms with Crippen molar-refractivity contribution in [1.29, 1.82) is 0 Å². The molecule has 0 aliphatic carbocycles. The topological polar surface area (TPSA) is 34.1 Å². The standard InChI is InChI=1S/2C9H10O.2C9H12/c1-8(7-10)9-5-3-2-4-6-9;10-8-4-7-9-5-2-1-3-6-9;1-8(2)9-6-4-3-5-7-9;1-2-6-9-7-4-3-5-8-9/h2-8H,1H3;1-3,5-6,8H,4,7H2;3-8H,1-2H3;3-5,7-8H,2,6H2,1H3. The lowest BCUT2D eigenvalue weighted by Crippen LogP contribution is -1.92. The highest BCUT2D eigenvalue weighted by molar-refractivity contribution is 5.61. The molecule has 38 heavy (non-hydrogen) atoms. The first-order valence-electron chi connectivity index (χ1n) is 13.6. The van der Waals surface area contributed by atoms with Crippen molar-refractivity contribution in [2.75, 3.05) is 0 Å². The zero-order valence-electron chi connectivity index (χ0n) is 23.5. The number of hydrogen-bond donors (Lipinski definition) is 0. The van der Waals surface area contributed by atoms with E-state index in [0.29, 0.717) is 12.3 Å². The second-order valence-electron chi connectivity index (χ2n) is 9.33. The smallest absolute Gasteiger partial charge is 0.127 e. The number of carbonyl (C=O) groups excluding carboxylic acids is 2. The summed E-state index contributed by atoms with van der Waals surface area (Å²) < 4.78 is 0. The molecule has 1 unspecified atom stereocenters. The van der Waals surface area contributed by atoms with Gasteiger partial charge in [-0.15, -0.1) is 0 Å². The van der Waals surface area contributed by atoms with E-state index in [-0.39, 0.29) is 5.92 Å². The van der Waals surface area contributed by atoms with Crippen molar-refractivity contribution in [3.05, 3.63) is 144 Å². The second-order valence-corrected chi connectivity index (χ2v) is 9.33. The van der Waals surface area contributed by atoms with Gasteiger partial charge in [-0.05, 0) is 41.0 Å². The number of rotatable bonds is 8. The van der Waals surface area contributed by atoms with Crippen LogP contribution < -0.4 is 0 Å². The number of hydrogen-bond acceptors (Lipinski definition) is 2. The largest absolute Gasteiger partial charge is 0.303 e. The van der Waals surface area contributed by atoms with Gasteiger partial charge in [-0.25, -0.2) is 0 Å². The first kappa shape index (κ1) is 32.2. The molecule has 200 valence electrons. The fourth-order valence-electron chi connectivity index (χ4n) is 3.48.